The number of pyridine rings is 1. The van der Waals surface area contributed by atoms with Crippen molar-refractivity contribution < 1.29 is 14.3 Å². The third-order valence-electron chi connectivity index (χ3n) is 4.03. The molecule has 114 valence electrons. The Morgan fingerprint density at radius 1 is 1.33 bits per heavy atom. The molecular formula is C15H20N2O3S. The minimum absolute atomic E-state index is 0.0538. The van der Waals surface area contributed by atoms with Crippen LogP contribution in [0, 0.1) is 0 Å². The van der Waals surface area contributed by atoms with E-state index in [1.54, 1.807) is 6.20 Å². The van der Waals surface area contributed by atoms with Crippen molar-refractivity contribution in [1.82, 2.24) is 9.88 Å². The van der Waals surface area contributed by atoms with Gasteiger partial charge in [0.25, 0.3) is 5.91 Å². The summed E-state index contributed by atoms with van der Waals surface area (Å²) in [6, 6.07) is 3.66. The van der Waals surface area contributed by atoms with E-state index in [-0.39, 0.29) is 5.91 Å². The van der Waals surface area contributed by atoms with Crippen LogP contribution in [-0.2, 0) is 9.47 Å². The molecule has 0 saturated carbocycles. The van der Waals surface area contributed by atoms with E-state index < -0.39 is 5.79 Å². The average Bonchev–Trinajstić information content (AvgIpc) is 2.56. The van der Waals surface area contributed by atoms with Crippen LogP contribution in [0.1, 0.15) is 29.6 Å². The molecule has 1 aromatic heterocycles. The Labute approximate surface area is 129 Å². The van der Waals surface area contributed by atoms with Crippen LogP contribution in [0.15, 0.2) is 23.4 Å². The number of amides is 1. The third kappa shape index (κ3) is 3.07. The molecule has 2 aliphatic rings. The summed E-state index contributed by atoms with van der Waals surface area (Å²) in [7, 11) is 0. The Hall–Kier alpha value is -1.11. The van der Waals surface area contributed by atoms with Crippen molar-refractivity contribution in [3.63, 3.8) is 0 Å². The molecule has 0 N–H and O–H groups in total. The van der Waals surface area contributed by atoms with Crippen LogP contribution in [0.25, 0.3) is 0 Å². The van der Waals surface area contributed by atoms with Gasteiger partial charge in [-0.3, -0.25) is 4.79 Å². The molecule has 0 atom stereocenters. The molecular weight excluding hydrogens is 288 g/mol. The first-order valence-corrected chi connectivity index (χ1v) is 8.53. The fourth-order valence-electron chi connectivity index (χ4n) is 2.84. The highest BCUT2D eigenvalue weighted by atomic mass is 32.2. The Morgan fingerprint density at radius 3 is 2.71 bits per heavy atom. The van der Waals surface area contributed by atoms with E-state index in [9.17, 15) is 4.79 Å². The van der Waals surface area contributed by atoms with Crippen molar-refractivity contribution in [1.29, 1.82) is 0 Å². The minimum Gasteiger partial charge on any atom is -0.350 e. The van der Waals surface area contributed by atoms with Gasteiger partial charge in [0.15, 0.2) is 5.79 Å². The van der Waals surface area contributed by atoms with E-state index in [1.165, 1.54) is 11.8 Å². The van der Waals surface area contributed by atoms with Gasteiger partial charge >= 0.3 is 0 Å². The lowest BCUT2D eigenvalue weighted by atomic mass is 10.0. The topological polar surface area (TPSA) is 51.7 Å². The van der Waals surface area contributed by atoms with Gasteiger partial charge in [-0.25, -0.2) is 4.98 Å². The van der Waals surface area contributed by atoms with Crippen LogP contribution in [0.5, 0.6) is 0 Å². The van der Waals surface area contributed by atoms with E-state index in [1.807, 2.05) is 23.3 Å². The van der Waals surface area contributed by atoms with Gasteiger partial charge in [0.1, 0.15) is 5.03 Å². The quantitative estimate of drug-likeness (QED) is 0.784. The summed E-state index contributed by atoms with van der Waals surface area (Å²) in [5.41, 5.74) is 0.687. The molecule has 2 aliphatic heterocycles. The highest BCUT2D eigenvalue weighted by Gasteiger charge is 2.39. The van der Waals surface area contributed by atoms with Gasteiger partial charge in [0.2, 0.25) is 0 Å². The normalized spacial score (nSPS) is 21.5. The summed E-state index contributed by atoms with van der Waals surface area (Å²) in [4.78, 5) is 18.8. The molecule has 6 heteroatoms. The van der Waals surface area contributed by atoms with Crippen molar-refractivity contribution in [3.8, 4) is 0 Å². The van der Waals surface area contributed by atoms with E-state index in [0.29, 0.717) is 18.7 Å². The van der Waals surface area contributed by atoms with Crippen molar-refractivity contribution in [2.24, 2.45) is 0 Å². The molecule has 0 bridgehead atoms. The molecule has 0 radical (unpaired) electrons. The monoisotopic (exact) mass is 308 g/mol. The first-order chi connectivity index (χ1) is 10.2. The number of rotatable bonds is 2. The zero-order valence-electron chi connectivity index (χ0n) is 12.2. The molecule has 0 aromatic carbocycles. The summed E-state index contributed by atoms with van der Waals surface area (Å²) in [5, 5.41) is 0.785. The summed E-state index contributed by atoms with van der Waals surface area (Å²) >= 11 is 1.50. The Kier molecular flexibility index (Phi) is 4.47. The first kappa shape index (κ1) is 14.8. The van der Waals surface area contributed by atoms with Crippen LogP contribution in [0.2, 0.25) is 0 Å². The van der Waals surface area contributed by atoms with Gasteiger partial charge in [0.05, 0.1) is 18.8 Å². The molecule has 3 heterocycles. The van der Waals surface area contributed by atoms with E-state index >= 15 is 0 Å². The predicted octanol–water partition coefficient (Wildman–Crippen LogP) is 2.17. The third-order valence-corrected chi connectivity index (χ3v) is 4.74. The Bertz CT molecular complexity index is 507. The molecule has 2 saturated heterocycles. The van der Waals surface area contributed by atoms with E-state index in [2.05, 4.69) is 4.98 Å². The molecule has 5 nitrogen and oxygen atoms in total. The van der Waals surface area contributed by atoms with Gasteiger partial charge in [0, 0.05) is 32.1 Å². The fraction of sp³-hybridized carbons (Fsp3) is 0.600. The van der Waals surface area contributed by atoms with Crippen molar-refractivity contribution in [3.05, 3.63) is 23.9 Å². The molecule has 0 unspecified atom stereocenters. The lowest BCUT2D eigenvalue weighted by Crippen LogP contribution is -2.51. The fourth-order valence-corrected chi connectivity index (χ4v) is 3.38. The summed E-state index contributed by atoms with van der Waals surface area (Å²) in [6.07, 6.45) is 6.10. The number of hydrogen-bond donors (Lipinski definition) is 0. The molecule has 0 aliphatic carbocycles. The average molecular weight is 308 g/mol. The predicted molar refractivity (Wildman–Crippen MR) is 80.4 cm³/mol. The van der Waals surface area contributed by atoms with Gasteiger partial charge in [-0.05, 0) is 24.8 Å². The van der Waals surface area contributed by atoms with Gasteiger partial charge in [-0.15, -0.1) is 11.8 Å². The number of carbonyl (C=O) groups is 1. The van der Waals surface area contributed by atoms with Crippen LogP contribution in [0.3, 0.4) is 0 Å². The molecule has 21 heavy (non-hydrogen) atoms. The van der Waals surface area contributed by atoms with E-state index in [0.717, 1.165) is 37.5 Å². The smallest absolute Gasteiger partial charge is 0.256 e. The second-order valence-electron chi connectivity index (χ2n) is 5.31. The standard InChI is InChI=1S/C15H20N2O3S/c1-21-13-12(4-2-7-16-13)14(18)17-8-5-15(6-9-17)19-10-3-11-20-15/h2,4,7H,3,5-6,8-11H2,1H3. The molecule has 3 rings (SSSR count). The second-order valence-corrected chi connectivity index (χ2v) is 6.11. The van der Waals surface area contributed by atoms with Crippen LogP contribution in [0.4, 0.5) is 0 Å². The molecule has 1 aromatic rings. The zero-order valence-corrected chi connectivity index (χ0v) is 13.0. The molecule has 2 fully saturated rings. The van der Waals surface area contributed by atoms with Crippen LogP contribution in [-0.4, -0.2) is 54.1 Å². The highest BCUT2D eigenvalue weighted by molar-refractivity contribution is 7.98. The Balaban J connectivity index is 1.67. The number of ether oxygens (including phenoxy) is 2. The van der Waals surface area contributed by atoms with Crippen LogP contribution < -0.4 is 0 Å². The first-order valence-electron chi connectivity index (χ1n) is 7.30. The largest absolute Gasteiger partial charge is 0.350 e. The Morgan fingerprint density at radius 2 is 2.05 bits per heavy atom. The highest BCUT2D eigenvalue weighted by Crippen LogP contribution is 2.31. The maximum atomic E-state index is 12.6. The maximum Gasteiger partial charge on any atom is 0.256 e. The van der Waals surface area contributed by atoms with Gasteiger partial charge in [-0.1, -0.05) is 0 Å². The molecule has 1 spiro atoms. The minimum atomic E-state index is -0.452. The second kappa shape index (κ2) is 6.34. The maximum absolute atomic E-state index is 12.6. The zero-order chi connectivity index (χ0) is 14.7. The number of aromatic nitrogens is 1. The summed E-state index contributed by atoms with van der Waals surface area (Å²) < 4.78 is 11.6. The number of hydrogen-bond acceptors (Lipinski definition) is 5. The van der Waals surface area contributed by atoms with E-state index in [4.69, 9.17) is 9.47 Å². The summed E-state index contributed by atoms with van der Waals surface area (Å²) in [5.74, 6) is -0.398. The lowest BCUT2D eigenvalue weighted by molar-refractivity contribution is -0.281. The number of carbonyl (C=O) groups excluding carboxylic acids is 1. The molecule has 1 amide bonds. The van der Waals surface area contributed by atoms with Crippen molar-refractivity contribution >= 4 is 17.7 Å². The number of thioether (sulfide) groups is 1. The van der Waals surface area contributed by atoms with Crippen LogP contribution >= 0.6 is 11.8 Å². The lowest BCUT2D eigenvalue weighted by Gasteiger charge is -2.43. The number of nitrogens with zero attached hydrogens (tertiary/aromatic N) is 2. The van der Waals surface area contributed by atoms with Gasteiger partial charge in [-0.2, -0.15) is 0 Å². The summed E-state index contributed by atoms with van der Waals surface area (Å²) in [6.45, 7) is 2.85. The van der Waals surface area contributed by atoms with Gasteiger partial charge < -0.3 is 14.4 Å². The number of likely N-dealkylation sites (tertiary alicyclic amines) is 1. The number of piperidine rings is 1. The SMILES string of the molecule is CSc1ncccc1C(=O)N1CCC2(CC1)OCCCO2. The van der Waals surface area contributed by atoms with Crippen molar-refractivity contribution in [2.45, 2.75) is 30.1 Å². The van der Waals surface area contributed by atoms with Crippen molar-refractivity contribution in [2.75, 3.05) is 32.6 Å².